The summed E-state index contributed by atoms with van der Waals surface area (Å²) >= 11 is 0. The summed E-state index contributed by atoms with van der Waals surface area (Å²) in [6.45, 7) is 0. The topological polar surface area (TPSA) is 52.9 Å². The van der Waals surface area contributed by atoms with E-state index in [1.54, 1.807) is 43.4 Å². The quantitative estimate of drug-likeness (QED) is 0.878. The predicted molar refractivity (Wildman–Crippen MR) is 78.9 cm³/mol. The summed E-state index contributed by atoms with van der Waals surface area (Å²) in [6.07, 6.45) is 1.40. The Kier molecular flexibility index (Phi) is 4.47. The number of carbonyl (C=O) groups is 1. The van der Waals surface area contributed by atoms with Gasteiger partial charge in [-0.15, -0.1) is 0 Å². The van der Waals surface area contributed by atoms with Gasteiger partial charge in [0, 0.05) is 18.7 Å². The Morgan fingerprint density at radius 2 is 1.52 bits per heavy atom. The Hall–Kier alpha value is -2.93. The van der Waals surface area contributed by atoms with Crippen LogP contribution >= 0.6 is 0 Å². The number of nitrogens with zero attached hydrogens (tertiary/aromatic N) is 1. The molecular weight excluding hydrogens is 267 g/mol. The number of nitriles is 1. The van der Waals surface area contributed by atoms with Crippen LogP contribution in [0.2, 0.25) is 0 Å². The maximum absolute atomic E-state index is 13.0. The van der Waals surface area contributed by atoms with Crippen molar-refractivity contribution in [1.82, 2.24) is 5.32 Å². The minimum absolute atomic E-state index is 0.172. The molecule has 0 spiro atoms. The molecule has 0 atom stereocenters. The van der Waals surface area contributed by atoms with Crippen molar-refractivity contribution >= 4 is 11.5 Å². The molecule has 2 aromatic carbocycles. The summed E-state index contributed by atoms with van der Waals surface area (Å²) in [4.78, 5) is 11.5. The Bertz CT molecular complexity index is 710. The van der Waals surface area contributed by atoms with Gasteiger partial charge in [0.25, 0.3) is 5.91 Å². The zero-order valence-corrected chi connectivity index (χ0v) is 11.4. The van der Waals surface area contributed by atoms with Crippen LogP contribution in [-0.2, 0) is 0 Å². The molecule has 0 unspecified atom stereocenters. The number of hydrogen-bond donors (Lipinski definition) is 1. The van der Waals surface area contributed by atoms with E-state index in [1.165, 1.54) is 18.2 Å². The minimum Gasteiger partial charge on any atom is -0.355 e. The van der Waals surface area contributed by atoms with E-state index in [2.05, 4.69) is 5.32 Å². The van der Waals surface area contributed by atoms with Gasteiger partial charge >= 0.3 is 0 Å². The lowest BCUT2D eigenvalue weighted by atomic mass is 9.96. The van der Waals surface area contributed by atoms with E-state index in [4.69, 9.17) is 5.26 Å². The second kappa shape index (κ2) is 6.49. The Morgan fingerprint density at radius 1 is 1.05 bits per heavy atom. The van der Waals surface area contributed by atoms with Gasteiger partial charge in [0.1, 0.15) is 5.82 Å². The third-order valence-electron chi connectivity index (χ3n) is 3.05. The van der Waals surface area contributed by atoms with Gasteiger partial charge in [0.15, 0.2) is 0 Å². The molecule has 0 saturated carbocycles. The second-order valence-electron chi connectivity index (χ2n) is 4.35. The van der Waals surface area contributed by atoms with Crippen LogP contribution < -0.4 is 5.32 Å². The number of halogens is 1. The monoisotopic (exact) mass is 280 g/mol. The first-order valence-corrected chi connectivity index (χ1v) is 6.34. The van der Waals surface area contributed by atoms with Crippen LogP contribution in [0.15, 0.2) is 54.6 Å². The molecular formula is C17H13FN2O. The lowest BCUT2D eigenvalue weighted by Crippen LogP contribution is -2.17. The largest absolute Gasteiger partial charge is 0.355 e. The molecule has 0 saturated heterocycles. The maximum atomic E-state index is 13.0. The number of carbonyl (C=O) groups excluding carboxylic acids is 1. The molecule has 2 rings (SSSR count). The third kappa shape index (κ3) is 3.34. The molecule has 0 aliphatic rings. The third-order valence-corrected chi connectivity index (χ3v) is 3.05. The molecule has 3 nitrogen and oxygen atoms in total. The van der Waals surface area contributed by atoms with E-state index in [0.29, 0.717) is 11.1 Å². The Morgan fingerprint density at radius 3 is 2.00 bits per heavy atom. The molecule has 0 heterocycles. The lowest BCUT2D eigenvalue weighted by Gasteiger charge is -2.08. The zero-order chi connectivity index (χ0) is 15.2. The van der Waals surface area contributed by atoms with Gasteiger partial charge in [-0.1, -0.05) is 24.3 Å². The van der Waals surface area contributed by atoms with E-state index < -0.39 is 0 Å². The summed E-state index contributed by atoms with van der Waals surface area (Å²) in [5.41, 5.74) is 2.75. The van der Waals surface area contributed by atoms with Crippen molar-refractivity contribution in [2.45, 2.75) is 0 Å². The summed E-state index contributed by atoms with van der Waals surface area (Å²) in [7, 11) is 1.57. The second-order valence-corrected chi connectivity index (χ2v) is 4.35. The summed E-state index contributed by atoms with van der Waals surface area (Å²) in [5.74, 6) is -0.501. The molecule has 1 amide bonds. The predicted octanol–water partition coefficient (Wildman–Crippen LogP) is 3.14. The van der Waals surface area contributed by atoms with Gasteiger partial charge in [0.05, 0.1) is 6.07 Å². The van der Waals surface area contributed by atoms with Crippen molar-refractivity contribution in [1.29, 1.82) is 5.26 Å². The van der Waals surface area contributed by atoms with E-state index in [9.17, 15) is 9.18 Å². The van der Waals surface area contributed by atoms with Gasteiger partial charge in [-0.05, 0) is 41.0 Å². The highest BCUT2D eigenvalue weighted by Crippen LogP contribution is 2.23. The highest BCUT2D eigenvalue weighted by molar-refractivity contribution is 5.94. The molecule has 0 aromatic heterocycles. The fourth-order valence-corrected chi connectivity index (χ4v) is 1.97. The zero-order valence-electron chi connectivity index (χ0n) is 11.4. The van der Waals surface area contributed by atoms with E-state index >= 15 is 0 Å². The minimum atomic E-state index is -0.329. The van der Waals surface area contributed by atoms with Crippen LogP contribution in [0.3, 0.4) is 0 Å². The normalized spacial score (nSPS) is 10.8. The molecule has 1 N–H and O–H groups in total. The molecule has 0 fully saturated rings. The van der Waals surface area contributed by atoms with Crippen LogP contribution in [0.4, 0.5) is 4.39 Å². The molecule has 0 aliphatic heterocycles. The van der Waals surface area contributed by atoms with E-state index in [0.717, 1.165) is 11.1 Å². The van der Waals surface area contributed by atoms with Gasteiger partial charge in [-0.25, -0.2) is 4.39 Å². The Balaban J connectivity index is 2.40. The molecule has 104 valence electrons. The standard InChI is InChI=1S/C17H13FN2O/c1-20-17(21)14-4-2-12(3-5-14)16(10-11-19)13-6-8-15(18)9-7-13/h2-10H,1H3,(H,20,21)/b16-10+. The van der Waals surface area contributed by atoms with Crippen LogP contribution in [-0.4, -0.2) is 13.0 Å². The van der Waals surface area contributed by atoms with Crippen molar-refractivity contribution < 1.29 is 9.18 Å². The van der Waals surface area contributed by atoms with Crippen molar-refractivity contribution in [3.8, 4) is 6.07 Å². The molecule has 4 heteroatoms. The number of benzene rings is 2. The SMILES string of the molecule is CNC(=O)c1ccc(/C(=C\C#N)c2ccc(F)cc2)cc1. The van der Waals surface area contributed by atoms with Crippen molar-refractivity contribution in [2.24, 2.45) is 0 Å². The fourth-order valence-electron chi connectivity index (χ4n) is 1.97. The van der Waals surface area contributed by atoms with Crippen molar-refractivity contribution in [3.05, 3.63) is 77.1 Å². The lowest BCUT2D eigenvalue weighted by molar-refractivity contribution is 0.0963. The van der Waals surface area contributed by atoms with Gasteiger partial charge in [-0.3, -0.25) is 4.79 Å². The van der Waals surface area contributed by atoms with Gasteiger partial charge < -0.3 is 5.32 Å². The summed E-state index contributed by atoms with van der Waals surface area (Å²) < 4.78 is 13.0. The molecule has 0 bridgehead atoms. The Labute approximate surface area is 122 Å². The molecule has 0 radical (unpaired) electrons. The van der Waals surface area contributed by atoms with Gasteiger partial charge in [-0.2, -0.15) is 5.26 Å². The highest BCUT2D eigenvalue weighted by Gasteiger charge is 2.07. The average Bonchev–Trinajstić information content (AvgIpc) is 2.53. The van der Waals surface area contributed by atoms with Crippen LogP contribution in [0.1, 0.15) is 21.5 Å². The maximum Gasteiger partial charge on any atom is 0.251 e. The number of amides is 1. The number of nitrogens with one attached hydrogen (secondary N) is 1. The smallest absolute Gasteiger partial charge is 0.251 e. The first kappa shape index (κ1) is 14.5. The molecule has 2 aromatic rings. The van der Waals surface area contributed by atoms with Crippen molar-refractivity contribution in [2.75, 3.05) is 7.05 Å². The van der Waals surface area contributed by atoms with E-state index in [1.807, 2.05) is 6.07 Å². The van der Waals surface area contributed by atoms with Crippen LogP contribution in [0, 0.1) is 17.1 Å². The fraction of sp³-hybridized carbons (Fsp3) is 0.0588. The number of hydrogen-bond acceptors (Lipinski definition) is 2. The van der Waals surface area contributed by atoms with Crippen LogP contribution in [0.25, 0.3) is 5.57 Å². The number of rotatable bonds is 3. The van der Waals surface area contributed by atoms with Gasteiger partial charge in [0.2, 0.25) is 0 Å². The highest BCUT2D eigenvalue weighted by atomic mass is 19.1. The number of allylic oxidation sites excluding steroid dienone is 1. The summed E-state index contributed by atoms with van der Waals surface area (Å²) in [6, 6.07) is 14.8. The van der Waals surface area contributed by atoms with Crippen molar-refractivity contribution in [3.63, 3.8) is 0 Å². The van der Waals surface area contributed by atoms with E-state index in [-0.39, 0.29) is 11.7 Å². The molecule has 21 heavy (non-hydrogen) atoms. The van der Waals surface area contributed by atoms with Crippen LogP contribution in [0.5, 0.6) is 0 Å². The summed E-state index contributed by atoms with van der Waals surface area (Å²) in [5, 5.41) is 11.5. The first-order chi connectivity index (χ1) is 10.2. The molecule has 0 aliphatic carbocycles. The average molecular weight is 280 g/mol. The first-order valence-electron chi connectivity index (χ1n) is 6.34.